The summed E-state index contributed by atoms with van der Waals surface area (Å²) in [6, 6.07) is 11.2. The monoisotopic (exact) mass is 539 g/mol. The van der Waals surface area contributed by atoms with Gasteiger partial charge >= 0.3 is 0 Å². The van der Waals surface area contributed by atoms with Crippen molar-refractivity contribution in [2.45, 2.75) is 37.8 Å². The Morgan fingerprint density at radius 1 is 1.29 bits per heavy atom. The van der Waals surface area contributed by atoms with Crippen LogP contribution in [0.5, 0.6) is 0 Å². The zero-order chi connectivity index (χ0) is 21.0. The summed E-state index contributed by atoms with van der Waals surface area (Å²) in [6.45, 7) is 5.83. The highest BCUT2D eigenvalue weighted by atomic mass is 127. The van der Waals surface area contributed by atoms with Crippen LogP contribution in [0.1, 0.15) is 30.9 Å². The number of ether oxygens (including phenoxy) is 1. The molecule has 1 saturated carbocycles. The first-order valence-corrected chi connectivity index (χ1v) is 10.6. The summed E-state index contributed by atoms with van der Waals surface area (Å²) in [5.41, 5.74) is 1.81. The molecule has 1 saturated heterocycles. The smallest absolute Gasteiger partial charge is 0.191 e. The normalized spacial score (nSPS) is 20.0. The van der Waals surface area contributed by atoms with Gasteiger partial charge in [0.1, 0.15) is 11.6 Å². The van der Waals surface area contributed by atoms with E-state index in [1.165, 1.54) is 0 Å². The van der Waals surface area contributed by atoms with Crippen LogP contribution in [0.4, 0.5) is 10.2 Å². The van der Waals surface area contributed by atoms with Crippen molar-refractivity contribution in [2.24, 2.45) is 4.99 Å². The number of pyridine rings is 1. The van der Waals surface area contributed by atoms with Gasteiger partial charge in [0.15, 0.2) is 5.96 Å². The van der Waals surface area contributed by atoms with Gasteiger partial charge in [0.25, 0.3) is 0 Å². The highest BCUT2D eigenvalue weighted by molar-refractivity contribution is 14.0. The number of guanidine groups is 1. The summed E-state index contributed by atoms with van der Waals surface area (Å²) < 4.78 is 19.8. The summed E-state index contributed by atoms with van der Waals surface area (Å²) in [7, 11) is 1.76. The van der Waals surface area contributed by atoms with Gasteiger partial charge in [-0.15, -0.1) is 24.0 Å². The third-order valence-corrected chi connectivity index (χ3v) is 5.95. The number of aromatic nitrogens is 1. The lowest BCUT2D eigenvalue weighted by atomic mass is 9.95. The van der Waals surface area contributed by atoms with Crippen LogP contribution in [0.2, 0.25) is 0 Å². The van der Waals surface area contributed by atoms with E-state index in [-0.39, 0.29) is 41.3 Å². The fourth-order valence-electron chi connectivity index (χ4n) is 4.01. The molecule has 2 aliphatic rings. The number of nitrogens with one attached hydrogen (secondary N) is 2. The van der Waals surface area contributed by atoms with E-state index in [2.05, 4.69) is 38.5 Å². The lowest BCUT2D eigenvalue weighted by Gasteiger charge is -2.32. The minimum absolute atomic E-state index is 0. The number of nitrogens with zero attached hydrogens (tertiary/aromatic N) is 3. The van der Waals surface area contributed by atoms with Crippen LogP contribution in [0.3, 0.4) is 0 Å². The Balaban J connectivity index is 0.00000272. The molecule has 2 N–H and O–H groups in total. The maximum absolute atomic E-state index is 14.2. The highest BCUT2D eigenvalue weighted by Crippen LogP contribution is 2.48. The standard InChI is InChI=1S/C23H30FN5O.HI/c1-17-15-29(11-12-30-17)21-13-18(7-10-26-21)14-27-22(25-2)28-16-23(8-9-23)19-5-3-4-6-20(19)24;/h3-7,10,13,17H,8-9,11-12,14-16H2,1-2H3,(H2,25,27,28);1H. The van der Waals surface area contributed by atoms with E-state index < -0.39 is 0 Å². The second-order valence-corrected chi connectivity index (χ2v) is 8.19. The van der Waals surface area contributed by atoms with Crippen LogP contribution in [-0.2, 0) is 16.7 Å². The molecule has 0 spiro atoms. The van der Waals surface area contributed by atoms with Gasteiger partial charge in [-0.05, 0) is 49.1 Å². The fraction of sp³-hybridized carbons (Fsp3) is 0.478. The van der Waals surface area contributed by atoms with Crippen LogP contribution in [0.15, 0.2) is 47.6 Å². The molecular weight excluding hydrogens is 508 g/mol. The summed E-state index contributed by atoms with van der Waals surface area (Å²) >= 11 is 0. The quantitative estimate of drug-likeness (QED) is 0.335. The number of benzene rings is 1. The molecule has 0 amide bonds. The minimum Gasteiger partial charge on any atom is -0.375 e. The number of hydrogen-bond donors (Lipinski definition) is 2. The van der Waals surface area contributed by atoms with Crippen molar-refractivity contribution < 1.29 is 9.13 Å². The average molecular weight is 539 g/mol. The molecule has 2 aromatic rings. The van der Waals surface area contributed by atoms with Crippen molar-refractivity contribution in [3.05, 3.63) is 59.5 Å². The first-order chi connectivity index (χ1) is 14.6. The molecule has 8 heteroatoms. The van der Waals surface area contributed by atoms with E-state index in [9.17, 15) is 4.39 Å². The Hall–Kier alpha value is -1.94. The molecule has 31 heavy (non-hydrogen) atoms. The second kappa shape index (κ2) is 10.6. The van der Waals surface area contributed by atoms with Gasteiger partial charge in [0.05, 0.1) is 12.7 Å². The van der Waals surface area contributed by atoms with Gasteiger partial charge in [0, 0.05) is 44.8 Å². The maximum atomic E-state index is 14.2. The number of hydrogen-bond acceptors (Lipinski definition) is 4. The van der Waals surface area contributed by atoms with Gasteiger partial charge in [-0.1, -0.05) is 18.2 Å². The topological polar surface area (TPSA) is 61.8 Å². The third kappa shape index (κ3) is 5.85. The average Bonchev–Trinajstić information content (AvgIpc) is 3.55. The first kappa shape index (κ1) is 23.7. The highest BCUT2D eigenvalue weighted by Gasteiger charge is 2.45. The van der Waals surface area contributed by atoms with Gasteiger partial charge in [-0.3, -0.25) is 4.99 Å². The predicted octanol–water partition coefficient (Wildman–Crippen LogP) is 3.46. The zero-order valence-corrected chi connectivity index (χ0v) is 20.4. The van der Waals surface area contributed by atoms with Gasteiger partial charge in [0.2, 0.25) is 0 Å². The number of aliphatic imine (C=N–C) groups is 1. The van der Waals surface area contributed by atoms with Crippen molar-refractivity contribution in [1.82, 2.24) is 15.6 Å². The molecule has 1 aromatic carbocycles. The Bertz CT molecular complexity index is 905. The zero-order valence-electron chi connectivity index (χ0n) is 18.1. The third-order valence-electron chi connectivity index (χ3n) is 5.95. The van der Waals surface area contributed by atoms with Crippen LogP contribution in [0.25, 0.3) is 0 Å². The molecule has 6 nitrogen and oxygen atoms in total. The molecule has 1 unspecified atom stereocenters. The minimum atomic E-state index is -0.125. The molecule has 0 bridgehead atoms. The van der Waals surface area contributed by atoms with Crippen LogP contribution in [0, 0.1) is 5.82 Å². The SMILES string of the molecule is CN=C(NCc1ccnc(N2CCOC(C)C2)c1)NCC1(c2ccccc2F)CC1.I. The number of anilines is 1. The molecule has 1 atom stereocenters. The largest absolute Gasteiger partial charge is 0.375 e. The Morgan fingerprint density at radius 3 is 2.81 bits per heavy atom. The van der Waals surface area contributed by atoms with Crippen molar-refractivity contribution >= 4 is 35.8 Å². The fourth-order valence-corrected chi connectivity index (χ4v) is 4.01. The van der Waals surface area contributed by atoms with Crippen molar-refractivity contribution in [3.8, 4) is 0 Å². The lowest BCUT2D eigenvalue weighted by Crippen LogP contribution is -2.42. The van der Waals surface area contributed by atoms with Crippen LogP contribution >= 0.6 is 24.0 Å². The summed E-state index contributed by atoms with van der Waals surface area (Å²) in [5, 5.41) is 6.75. The predicted molar refractivity (Wildman–Crippen MR) is 133 cm³/mol. The Morgan fingerprint density at radius 2 is 2.10 bits per heavy atom. The second-order valence-electron chi connectivity index (χ2n) is 8.19. The number of morpholine rings is 1. The van der Waals surface area contributed by atoms with E-state index >= 15 is 0 Å². The first-order valence-electron chi connectivity index (χ1n) is 10.6. The molecule has 0 radical (unpaired) electrons. The molecule has 1 aromatic heterocycles. The maximum Gasteiger partial charge on any atom is 0.191 e. The number of rotatable bonds is 6. The summed E-state index contributed by atoms with van der Waals surface area (Å²) in [5.74, 6) is 1.57. The summed E-state index contributed by atoms with van der Waals surface area (Å²) in [6.07, 6.45) is 4.04. The Labute approximate surface area is 200 Å². The molecule has 4 rings (SSSR count). The van der Waals surface area contributed by atoms with Crippen LogP contribution in [-0.4, -0.2) is 50.3 Å². The Kier molecular flexibility index (Phi) is 8.10. The van der Waals surface area contributed by atoms with E-state index in [1.807, 2.05) is 24.4 Å². The summed E-state index contributed by atoms with van der Waals surface area (Å²) in [4.78, 5) is 11.1. The number of halogens is 2. The van der Waals surface area contributed by atoms with Crippen LogP contribution < -0.4 is 15.5 Å². The van der Waals surface area contributed by atoms with E-state index in [0.29, 0.717) is 13.1 Å². The van der Waals surface area contributed by atoms with E-state index in [1.54, 1.807) is 19.2 Å². The lowest BCUT2D eigenvalue weighted by molar-refractivity contribution is 0.0529. The molecule has 2 fully saturated rings. The molecule has 168 valence electrons. The van der Waals surface area contributed by atoms with E-state index in [4.69, 9.17) is 4.74 Å². The molecular formula is C23H31FIN5O. The van der Waals surface area contributed by atoms with Gasteiger partial charge in [-0.25, -0.2) is 9.37 Å². The molecule has 1 aliphatic heterocycles. The molecule has 1 aliphatic carbocycles. The molecule has 2 heterocycles. The van der Waals surface area contributed by atoms with Gasteiger partial charge < -0.3 is 20.3 Å². The van der Waals surface area contributed by atoms with E-state index in [0.717, 1.165) is 55.4 Å². The van der Waals surface area contributed by atoms with Crippen molar-refractivity contribution in [2.75, 3.05) is 38.2 Å². The van der Waals surface area contributed by atoms with Crippen molar-refractivity contribution in [3.63, 3.8) is 0 Å². The van der Waals surface area contributed by atoms with Gasteiger partial charge in [-0.2, -0.15) is 0 Å². The van der Waals surface area contributed by atoms with Crippen molar-refractivity contribution in [1.29, 1.82) is 0 Å².